The summed E-state index contributed by atoms with van der Waals surface area (Å²) in [6.07, 6.45) is 2.90. The van der Waals surface area contributed by atoms with Crippen LogP contribution in [0.5, 0.6) is 17.2 Å². The lowest BCUT2D eigenvalue weighted by Crippen LogP contribution is -2.42. The molecule has 10 heteroatoms. The van der Waals surface area contributed by atoms with Gasteiger partial charge in [-0.1, -0.05) is 6.07 Å². The number of para-hydroxylation sites is 1. The van der Waals surface area contributed by atoms with Crippen molar-refractivity contribution in [1.82, 2.24) is 14.7 Å². The summed E-state index contributed by atoms with van der Waals surface area (Å²) in [6, 6.07) is 5.52. The van der Waals surface area contributed by atoms with Crippen molar-refractivity contribution in [3.63, 3.8) is 0 Å². The third kappa shape index (κ3) is 5.50. The molecular formula is C22H30N4O6. The van der Waals surface area contributed by atoms with Crippen molar-refractivity contribution in [2.75, 3.05) is 45.8 Å². The van der Waals surface area contributed by atoms with Crippen LogP contribution in [-0.2, 0) is 16.6 Å². The molecule has 174 valence electrons. The van der Waals surface area contributed by atoms with Crippen molar-refractivity contribution in [1.29, 1.82) is 0 Å². The Morgan fingerprint density at radius 1 is 1.16 bits per heavy atom. The van der Waals surface area contributed by atoms with E-state index in [4.69, 9.17) is 18.9 Å². The number of piperidine rings is 1. The van der Waals surface area contributed by atoms with Crippen LogP contribution in [0.2, 0.25) is 0 Å². The van der Waals surface area contributed by atoms with Crippen molar-refractivity contribution in [2.24, 2.45) is 7.05 Å². The highest BCUT2D eigenvalue weighted by Gasteiger charge is 2.25. The summed E-state index contributed by atoms with van der Waals surface area (Å²) in [5.74, 6) is 1.44. The third-order valence-electron chi connectivity index (χ3n) is 5.26. The summed E-state index contributed by atoms with van der Waals surface area (Å²) >= 11 is 0. The van der Waals surface area contributed by atoms with E-state index in [1.165, 1.54) is 10.9 Å². The molecule has 1 amide bonds. The predicted octanol–water partition coefficient (Wildman–Crippen LogP) is 2.10. The van der Waals surface area contributed by atoms with E-state index in [2.05, 4.69) is 15.3 Å². The smallest absolute Gasteiger partial charge is 0.343 e. The highest BCUT2D eigenvalue weighted by molar-refractivity contribution is 6.00. The number of nitrogens with one attached hydrogen (secondary N) is 1. The molecule has 3 rings (SSSR count). The van der Waals surface area contributed by atoms with E-state index < -0.39 is 5.97 Å². The molecular weight excluding hydrogens is 416 g/mol. The maximum atomic E-state index is 12.6. The summed E-state index contributed by atoms with van der Waals surface area (Å²) in [6.45, 7) is 3.58. The summed E-state index contributed by atoms with van der Waals surface area (Å²) in [5, 5.41) is 6.83. The van der Waals surface area contributed by atoms with Crippen LogP contribution in [-0.4, -0.2) is 73.1 Å². The molecule has 0 atom stereocenters. The fraction of sp³-hybridized carbons (Fsp3) is 0.500. The van der Waals surface area contributed by atoms with Gasteiger partial charge in [-0.25, -0.2) is 4.79 Å². The number of aryl methyl sites for hydroxylation is 1. The Hall–Kier alpha value is -3.27. The van der Waals surface area contributed by atoms with Gasteiger partial charge in [-0.05, 0) is 31.9 Å². The number of nitrogens with zero attached hydrogens (tertiary/aromatic N) is 3. The number of carbonyl (C=O) groups excluding carboxylic acids is 2. The second-order valence-corrected chi connectivity index (χ2v) is 7.38. The predicted molar refractivity (Wildman–Crippen MR) is 117 cm³/mol. The van der Waals surface area contributed by atoms with E-state index in [0.29, 0.717) is 36.2 Å². The normalized spacial score (nSPS) is 14.6. The molecule has 2 heterocycles. The van der Waals surface area contributed by atoms with Gasteiger partial charge in [-0.15, -0.1) is 0 Å². The number of rotatable bonds is 9. The number of carbonyl (C=O) groups is 2. The molecule has 0 unspecified atom stereocenters. The Bertz CT molecular complexity index is 914. The van der Waals surface area contributed by atoms with Gasteiger partial charge in [0.05, 0.1) is 33.6 Å². The molecule has 1 aliphatic heterocycles. The Morgan fingerprint density at radius 2 is 1.81 bits per heavy atom. The summed E-state index contributed by atoms with van der Waals surface area (Å²) in [5.41, 5.74) is 0.237. The first-order valence-corrected chi connectivity index (χ1v) is 10.6. The van der Waals surface area contributed by atoms with Gasteiger partial charge in [0.25, 0.3) is 0 Å². The van der Waals surface area contributed by atoms with Gasteiger partial charge in [-0.3, -0.25) is 14.4 Å². The fourth-order valence-corrected chi connectivity index (χ4v) is 3.60. The minimum atomic E-state index is -0.513. The summed E-state index contributed by atoms with van der Waals surface area (Å²) < 4.78 is 23.4. The number of hydrogen-bond acceptors (Lipinski definition) is 8. The Kier molecular flexibility index (Phi) is 7.93. The van der Waals surface area contributed by atoms with Gasteiger partial charge in [0.15, 0.2) is 11.5 Å². The lowest BCUT2D eigenvalue weighted by molar-refractivity contribution is -0.117. The van der Waals surface area contributed by atoms with Crippen LogP contribution in [0.15, 0.2) is 24.4 Å². The molecule has 1 saturated heterocycles. The molecule has 0 spiro atoms. The molecule has 0 saturated carbocycles. The van der Waals surface area contributed by atoms with Crippen LogP contribution in [0, 0.1) is 0 Å². The van der Waals surface area contributed by atoms with E-state index in [9.17, 15) is 9.59 Å². The molecule has 32 heavy (non-hydrogen) atoms. The first-order valence-electron chi connectivity index (χ1n) is 10.6. The molecule has 1 aromatic carbocycles. The van der Waals surface area contributed by atoms with E-state index in [-0.39, 0.29) is 30.7 Å². The number of hydrogen-bond donors (Lipinski definition) is 1. The van der Waals surface area contributed by atoms with Crippen LogP contribution < -0.4 is 19.5 Å². The van der Waals surface area contributed by atoms with E-state index in [1.807, 2.05) is 18.2 Å². The highest BCUT2D eigenvalue weighted by Crippen LogP contribution is 2.38. The van der Waals surface area contributed by atoms with Crippen molar-refractivity contribution >= 4 is 17.7 Å². The quantitative estimate of drug-likeness (QED) is 0.584. The van der Waals surface area contributed by atoms with E-state index in [1.54, 1.807) is 28.2 Å². The zero-order chi connectivity index (χ0) is 23.1. The number of likely N-dealkylation sites (tertiary alicyclic amines) is 1. The fourth-order valence-electron chi connectivity index (χ4n) is 3.60. The number of anilines is 1. The molecule has 1 N–H and O–H groups in total. The van der Waals surface area contributed by atoms with Crippen LogP contribution in [0.25, 0.3) is 0 Å². The van der Waals surface area contributed by atoms with Crippen LogP contribution in [0.1, 0.15) is 30.1 Å². The summed E-state index contributed by atoms with van der Waals surface area (Å²) in [7, 11) is 4.85. The standard InChI is InChI=1S/C22H30N4O6/c1-5-31-22(28)16-13-23-25(2)21(16)24-19(27)14-26-11-9-15(10-12-26)32-20-17(29-3)7-6-8-18(20)30-4/h6-8,13,15H,5,9-12,14H2,1-4H3,(H,24,27). The Labute approximate surface area is 187 Å². The van der Waals surface area contributed by atoms with Crippen molar-refractivity contribution in [2.45, 2.75) is 25.9 Å². The molecule has 0 aliphatic carbocycles. The minimum absolute atomic E-state index is 0.00741. The molecule has 1 aromatic heterocycles. The topological polar surface area (TPSA) is 104 Å². The monoisotopic (exact) mass is 446 g/mol. The van der Waals surface area contributed by atoms with Gasteiger partial charge in [0.1, 0.15) is 17.5 Å². The second kappa shape index (κ2) is 10.9. The summed E-state index contributed by atoms with van der Waals surface area (Å²) in [4.78, 5) is 26.7. The molecule has 1 fully saturated rings. The number of amides is 1. The number of benzene rings is 1. The Balaban J connectivity index is 1.54. The highest BCUT2D eigenvalue weighted by atomic mass is 16.5. The van der Waals surface area contributed by atoms with Crippen LogP contribution in [0.3, 0.4) is 0 Å². The van der Waals surface area contributed by atoms with Gasteiger partial charge in [-0.2, -0.15) is 5.10 Å². The lowest BCUT2D eigenvalue weighted by atomic mass is 10.1. The first kappa shape index (κ1) is 23.4. The number of methoxy groups -OCH3 is 2. The van der Waals surface area contributed by atoms with Gasteiger partial charge >= 0.3 is 5.97 Å². The van der Waals surface area contributed by atoms with Gasteiger partial charge in [0, 0.05) is 20.1 Å². The van der Waals surface area contributed by atoms with Crippen LogP contribution >= 0.6 is 0 Å². The third-order valence-corrected chi connectivity index (χ3v) is 5.26. The van der Waals surface area contributed by atoms with Gasteiger partial charge < -0.3 is 24.3 Å². The number of esters is 1. The number of ether oxygens (including phenoxy) is 4. The maximum Gasteiger partial charge on any atom is 0.343 e. The van der Waals surface area contributed by atoms with Gasteiger partial charge in [0.2, 0.25) is 11.7 Å². The average molecular weight is 447 g/mol. The minimum Gasteiger partial charge on any atom is -0.493 e. The zero-order valence-corrected chi connectivity index (χ0v) is 18.9. The number of aromatic nitrogens is 2. The van der Waals surface area contributed by atoms with Crippen molar-refractivity contribution in [3.8, 4) is 17.2 Å². The molecule has 0 bridgehead atoms. The first-order chi connectivity index (χ1) is 15.5. The second-order valence-electron chi connectivity index (χ2n) is 7.38. The Morgan fingerprint density at radius 3 is 2.41 bits per heavy atom. The van der Waals surface area contributed by atoms with Crippen molar-refractivity contribution in [3.05, 3.63) is 30.0 Å². The van der Waals surface area contributed by atoms with Crippen LogP contribution in [0.4, 0.5) is 5.82 Å². The zero-order valence-electron chi connectivity index (χ0n) is 18.9. The lowest BCUT2D eigenvalue weighted by Gasteiger charge is -2.32. The van der Waals surface area contributed by atoms with Crippen molar-refractivity contribution < 1.29 is 28.5 Å². The van der Waals surface area contributed by atoms with E-state index >= 15 is 0 Å². The average Bonchev–Trinajstić information content (AvgIpc) is 3.15. The molecule has 1 aliphatic rings. The molecule has 2 aromatic rings. The molecule has 10 nitrogen and oxygen atoms in total. The SMILES string of the molecule is CCOC(=O)c1cnn(C)c1NC(=O)CN1CCC(Oc2c(OC)cccc2OC)CC1. The largest absolute Gasteiger partial charge is 0.493 e. The van der Waals surface area contributed by atoms with E-state index in [0.717, 1.165) is 12.8 Å². The maximum absolute atomic E-state index is 12.6. The molecule has 0 radical (unpaired) electrons.